The third-order valence-electron chi connectivity index (χ3n) is 4.00. The van der Waals surface area contributed by atoms with Crippen LogP contribution in [0.1, 0.15) is 51.4 Å². The number of Topliss-reactive ketones (excluding diaryl/α,β-unsaturated/α-hetero) is 1. The maximum atomic E-state index is 12.1. The zero-order valence-electron chi connectivity index (χ0n) is 9.63. The van der Waals surface area contributed by atoms with Crippen molar-refractivity contribution in [3.05, 3.63) is 0 Å². The van der Waals surface area contributed by atoms with Gasteiger partial charge in [-0.25, -0.2) is 0 Å². The predicted molar refractivity (Wildman–Crippen MR) is 61.8 cm³/mol. The summed E-state index contributed by atoms with van der Waals surface area (Å²) in [7, 11) is 0. The molecule has 1 N–H and O–H groups in total. The summed E-state index contributed by atoms with van der Waals surface area (Å²) < 4.78 is 0. The summed E-state index contributed by atoms with van der Waals surface area (Å²) in [6.07, 6.45) is 9.57. The van der Waals surface area contributed by atoms with Gasteiger partial charge in [-0.1, -0.05) is 25.7 Å². The quantitative estimate of drug-likeness (QED) is 0.774. The number of hydrogen-bond donors (Lipinski definition) is 1. The average Bonchev–Trinajstić information content (AvgIpc) is 2.58. The van der Waals surface area contributed by atoms with E-state index in [1.165, 1.54) is 32.1 Å². The van der Waals surface area contributed by atoms with E-state index in [4.69, 9.17) is 0 Å². The number of hydrogen-bond acceptors (Lipinski definition) is 2. The van der Waals surface area contributed by atoms with Crippen molar-refractivity contribution < 1.29 is 4.79 Å². The van der Waals surface area contributed by atoms with Crippen molar-refractivity contribution in [3.63, 3.8) is 0 Å². The van der Waals surface area contributed by atoms with E-state index in [2.05, 4.69) is 5.32 Å². The van der Waals surface area contributed by atoms with Crippen LogP contribution in [-0.4, -0.2) is 18.9 Å². The molecule has 86 valence electrons. The summed E-state index contributed by atoms with van der Waals surface area (Å²) in [5.74, 6) is 1.67. The second-order valence-corrected chi connectivity index (χ2v) is 5.20. The molecule has 0 aromatic carbocycles. The summed E-state index contributed by atoms with van der Waals surface area (Å²) in [4.78, 5) is 12.1. The Bertz CT molecular complexity index is 201. The van der Waals surface area contributed by atoms with E-state index in [1.807, 2.05) is 0 Å². The highest BCUT2D eigenvalue weighted by molar-refractivity contribution is 5.81. The van der Waals surface area contributed by atoms with Crippen LogP contribution >= 0.6 is 0 Å². The Kier molecular flexibility index (Phi) is 4.18. The molecule has 2 aliphatic rings. The van der Waals surface area contributed by atoms with Gasteiger partial charge in [0.2, 0.25) is 0 Å². The van der Waals surface area contributed by atoms with Crippen molar-refractivity contribution in [1.29, 1.82) is 0 Å². The predicted octanol–water partition coefficient (Wildman–Crippen LogP) is 2.53. The molecule has 0 aromatic rings. The minimum atomic E-state index is 0.376. The number of nitrogens with one attached hydrogen (secondary N) is 1. The van der Waals surface area contributed by atoms with Crippen molar-refractivity contribution >= 4 is 5.78 Å². The van der Waals surface area contributed by atoms with Crippen LogP contribution in [-0.2, 0) is 4.79 Å². The topological polar surface area (TPSA) is 29.1 Å². The highest BCUT2D eigenvalue weighted by Crippen LogP contribution is 2.29. The maximum Gasteiger partial charge on any atom is 0.136 e. The van der Waals surface area contributed by atoms with Crippen LogP contribution in [0.3, 0.4) is 0 Å². The molecular weight excluding hydrogens is 186 g/mol. The van der Waals surface area contributed by atoms with Gasteiger partial charge in [-0.3, -0.25) is 4.79 Å². The number of carbonyl (C=O) groups is 1. The Morgan fingerprint density at radius 2 is 1.80 bits per heavy atom. The van der Waals surface area contributed by atoms with Crippen LogP contribution in [0.4, 0.5) is 0 Å². The van der Waals surface area contributed by atoms with Gasteiger partial charge >= 0.3 is 0 Å². The fourth-order valence-corrected chi connectivity index (χ4v) is 3.01. The molecular formula is C13H23NO. The van der Waals surface area contributed by atoms with E-state index in [0.29, 0.717) is 11.7 Å². The Hall–Kier alpha value is -0.370. The highest BCUT2D eigenvalue weighted by atomic mass is 16.1. The highest BCUT2D eigenvalue weighted by Gasteiger charge is 2.24. The van der Waals surface area contributed by atoms with Crippen LogP contribution in [0.25, 0.3) is 0 Å². The first-order chi connectivity index (χ1) is 7.36. The molecule has 1 aliphatic carbocycles. The van der Waals surface area contributed by atoms with Crippen molar-refractivity contribution in [1.82, 2.24) is 5.32 Å². The van der Waals surface area contributed by atoms with Gasteiger partial charge in [0.05, 0.1) is 0 Å². The molecule has 2 nitrogen and oxygen atoms in total. The summed E-state index contributed by atoms with van der Waals surface area (Å²) >= 11 is 0. The van der Waals surface area contributed by atoms with E-state index in [9.17, 15) is 4.79 Å². The van der Waals surface area contributed by atoms with Gasteiger partial charge in [0.15, 0.2) is 0 Å². The third kappa shape index (κ3) is 3.30. The summed E-state index contributed by atoms with van der Waals surface area (Å²) in [5.41, 5.74) is 0. The normalized spacial score (nSPS) is 28.9. The first-order valence-corrected chi connectivity index (χ1v) is 6.59. The van der Waals surface area contributed by atoms with Gasteiger partial charge in [0, 0.05) is 12.3 Å². The minimum Gasteiger partial charge on any atom is -0.317 e. The summed E-state index contributed by atoms with van der Waals surface area (Å²) in [6, 6.07) is 0. The smallest absolute Gasteiger partial charge is 0.136 e. The SMILES string of the molecule is O=C(CC1CCCC1)C1CCCNCC1. The van der Waals surface area contributed by atoms with Crippen LogP contribution in [0.5, 0.6) is 0 Å². The molecule has 1 atom stereocenters. The van der Waals surface area contributed by atoms with Crippen LogP contribution in [0, 0.1) is 11.8 Å². The van der Waals surface area contributed by atoms with E-state index in [-0.39, 0.29) is 0 Å². The third-order valence-corrected chi connectivity index (χ3v) is 4.00. The molecule has 1 saturated heterocycles. The van der Waals surface area contributed by atoms with Crippen LogP contribution in [0.15, 0.2) is 0 Å². The van der Waals surface area contributed by atoms with Gasteiger partial charge in [0.25, 0.3) is 0 Å². The molecule has 1 aliphatic heterocycles. The van der Waals surface area contributed by atoms with E-state index in [1.54, 1.807) is 0 Å². The van der Waals surface area contributed by atoms with E-state index < -0.39 is 0 Å². The van der Waals surface area contributed by atoms with Gasteiger partial charge in [-0.05, 0) is 38.3 Å². The second-order valence-electron chi connectivity index (χ2n) is 5.20. The zero-order valence-corrected chi connectivity index (χ0v) is 9.63. The van der Waals surface area contributed by atoms with Gasteiger partial charge < -0.3 is 5.32 Å². The lowest BCUT2D eigenvalue weighted by atomic mass is 9.89. The van der Waals surface area contributed by atoms with E-state index in [0.717, 1.165) is 38.3 Å². The fraction of sp³-hybridized carbons (Fsp3) is 0.923. The van der Waals surface area contributed by atoms with Gasteiger partial charge in [-0.15, -0.1) is 0 Å². The molecule has 0 spiro atoms. The number of rotatable bonds is 3. The molecule has 15 heavy (non-hydrogen) atoms. The number of ketones is 1. The molecule has 1 heterocycles. The molecule has 1 saturated carbocycles. The summed E-state index contributed by atoms with van der Waals surface area (Å²) in [5, 5.41) is 3.37. The van der Waals surface area contributed by atoms with Gasteiger partial charge in [0.1, 0.15) is 5.78 Å². The Morgan fingerprint density at radius 3 is 2.60 bits per heavy atom. The van der Waals surface area contributed by atoms with Crippen LogP contribution < -0.4 is 5.32 Å². The second kappa shape index (κ2) is 5.64. The molecule has 2 heteroatoms. The van der Waals surface area contributed by atoms with E-state index >= 15 is 0 Å². The Labute approximate surface area is 92.8 Å². The molecule has 0 radical (unpaired) electrons. The van der Waals surface area contributed by atoms with Crippen LogP contribution in [0.2, 0.25) is 0 Å². The van der Waals surface area contributed by atoms with Crippen molar-refractivity contribution in [2.75, 3.05) is 13.1 Å². The zero-order chi connectivity index (χ0) is 10.5. The van der Waals surface area contributed by atoms with Gasteiger partial charge in [-0.2, -0.15) is 0 Å². The molecule has 0 amide bonds. The maximum absolute atomic E-state index is 12.1. The van der Waals surface area contributed by atoms with Crippen molar-refractivity contribution in [2.45, 2.75) is 51.4 Å². The molecule has 2 rings (SSSR count). The Morgan fingerprint density at radius 1 is 1.00 bits per heavy atom. The monoisotopic (exact) mass is 209 g/mol. The minimum absolute atomic E-state index is 0.376. The average molecular weight is 209 g/mol. The summed E-state index contributed by atoms with van der Waals surface area (Å²) in [6.45, 7) is 2.15. The standard InChI is InChI=1S/C13H23NO/c15-13(10-11-4-1-2-5-11)12-6-3-8-14-9-7-12/h11-12,14H,1-10H2. The first-order valence-electron chi connectivity index (χ1n) is 6.59. The lowest BCUT2D eigenvalue weighted by molar-refractivity contribution is -0.124. The molecule has 1 unspecified atom stereocenters. The molecule has 2 fully saturated rings. The van der Waals surface area contributed by atoms with Crippen molar-refractivity contribution in [2.24, 2.45) is 11.8 Å². The number of carbonyl (C=O) groups excluding carboxylic acids is 1. The van der Waals surface area contributed by atoms with Crippen molar-refractivity contribution in [3.8, 4) is 0 Å². The largest absolute Gasteiger partial charge is 0.317 e. The molecule has 0 bridgehead atoms. The molecule has 0 aromatic heterocycles. The Balaban J connectivity index is 1.77. The fourth-order valence-electron chi connectivity index (χ4n) is 3.01. The first kappa shape index (κ1) is 11.1. The lowest BCUT2D eigenvalue weighted by Gasteiger charge is -2.15. The lowest BCUT2D eigenvalue weighted by Crippen LogP contribution is -2.19.